The van der Waals surface area contributed by atoms with Gasteiger partial charge in [0.15, 0.2) is 5.78 Å². The lowest BCUT2D eigenvalue weighted by atomic mass is 10.0. The van der Waals surface area contributed by atoms with Crippen LogP contribution in [-0.2, 0) is 0 Å². The lowest BCUT2D eigenvalue weighted by molar-refractivity contribution is 0.0870. The molecule has 5 heteroatoms. The van der Waals surface area contributed by atoms with Crippen molar-refractivity contribution in [2.24, 2.45) is 0 Å². The van der Waals surface area contributed by atoms with Crippen molar-refractivity contribution in [3.8, 4) is 17.2 Å². The molecule has 1 heterocycles. The second kappa shape index (κ2) is 5.01. The van der Waals surface area contributed by atoms with Crippen LogP contribution in [0.25, 0.3) is 0 Å². The molecule has 0 saturated heterocycles. The number of anilines is 2. The molecule has 21 heavy (non-hydrogen) atoms. The molecule has 4 N–H and O–H groups in total. The number of Topliss-reactive ketones (excluding diaryl/α,β-unsaturated/α-hetero) is 1. The maximum atomic E-state index is 12.0. The third-order valence-corrected chi connectivity index (χ3v) is 3.24. The molecule has 0 amide bonds. The highest BCUT2D eigenvalue weighted by atomic mass is 16.5. The van der Waals surface area contributed by atoms with Crippen molar-refractivity contribution >= 4 is 17.2 Å². The Labute approximate surface area is 122 Å². The lowest BCUT2D eigenvalue weighted by Crippen LogP contribution is -2.23. The van der Waals surface area contributed by atoms with Gasteiger partial charge in [0.25, 0.3) is 0 Å². The smallest absolute Gasteiger partial charge is 0.170 e. The maximum Gasteiger partial charge on any atom is 0.170 e. The number of hydrogen-bond acceptors (Lipinski definition) is 5. The molecular weight excluding hydrogens is 268 g/mol. The van der Waals surface area contributed by atoms with E-state index in [1.807, 2.05) is 6.92 Å². The Bertz CT molecular complexity index is 692. The summed E-state index contributed by atoms with van der Waals surface area (Å²) in [5, 5.41) is 0. The van der Waals surface area contributed by atoms with Crippen molar-refractivity contribution in [2.75, 3.05) is 11.5 Å². The zero-order chi connectivity index (χ0) is 15.0. The van der Waals surface area contributed by atoms with E-state index in [0.29, 0.717) is 40.6 Å². The number of ketones is 1. The standard InChI is InChI=1S/C16H16N2O3/c1-9-4-15(19)14-8-12(2-3-16(14)20-9)21-13-6-10(17)5-11(18)7-13/h2-3,5-9H,4,17-18H2,1H3. The lowest BCUT2D eigenvalue weighted by Gasteiger charge is -2.22. The summed E-state index contributed by atoms with van der Waals surface area (Å²) in [5.74, 6) is 1.73. The molecule has 2 aromatic carbocycles. The Kier molecular flexibility index (Phi) is 3.17. The molecule has 1 aliphatic heterocycles. The fourth-order valence-electron chi connectivity index (χ4n) is 2.36. The van der Waals surface area contributed by atoms with E-state index in [1.165, 1.54) is 0 Å². The SMILES string of the molecule is CC1CC(=O)c2cc(Oc3cc(N)cc(N)c3)ccc2O1. The first kappa shape index (κ1) is 13.3. The first-order valence-corrected chi connectivity index (χ1v) is 6.69. The number of nitrogen functional groups attached to an aromatic ring is 2. The molecule has 0 fully saturated rings. The van der Waals surface area contributed by atoms with Gasteiger partial charge in [0.2, 0.25) is 0 Å². The largest absolute Gasteiger partial charge is 0.489 e. The number of carbonyl (C=O) groups is 1. The molecule has 0 radical (unpaired) electrons. The van der Waals surface area contributed by atoms with Crippen LogP contribution in [0.5, 0.6) is 17.2 Å². The molecule has 108 valence electrons. The Morgan fingerprint density at radius 1 is 1.10 bits per heavy atom. The van der Waals surface area contributed by atoms with Crippen LogP contribution in [0.4, 0.5) is 11.4 Å². The minimum absolute atomic E-state index is 0.0567. The van der Waals surface area contributed by atoms with Crippen LogP contribution in [0.3, 0.4) is 0 Å². The predicted molar refractivity (Wildman–Crippen MR) is 80.8 cm³/mol. The number of hydrogen-bond donors (Lipinski definition) is 2. The molecule has 0 saturated carbocycles. The van der Waals surface area contributed by atoms with Crippen LogP contribution in [0, 0.1) is 0 Å². The minimum Gasteiger partial charge on any atom is -0.489 e. The van der Waals surface area contributed by atoms with Gasteiger partial charge in [0, 0.05) is 29.9 Å². The van der Waals surface area contributed by atoms with E-state index in [0.717, 1.165) is 0 Å². The number of carbonyl (C=O) groups excluding carboxylic acids is 1. The zero-order valence-corrected chi connectivity index (χ0v) is 11.6. The maximum absolute atomic E-state index is 12.0. The monoisotopic (exact) mass is 284 g/mol. The van der Waals surface area contributed by atoms with Gasteiger partial charge < -0.3 is 20.9 Å². The predicted octanol–water partition coefficient (Wildman–Crippen LogP) is 3.00. The molecule has 1 unspecified atom stereocenters. The summed E-state index contributed by atoms with van der Waals surface area (Å²) < 4.78 is 11.3. The second-order valence-electron chi connectivity index (χ2n) is 5.15. The van der Waals surface area contributed by atoms with Crippen molar-refractivity contribution in [3.63, 3.8) is 0 Å². The average molecular weight is 284 g/mol. The minimum atomic E-state index is -0.0921. The van der Waals surface area contributed by atoms with E-state index in [4.69, 9.17) is 20.9 Å². The molecule has 0 spiro atoms. The normalized spacial score (nSPS) is 17.0. The van der Waals surface area contributed by atoms with Gasteiger partial charge in [-0.2, -0.15) is 0 Å². The number of fused-ring (bicyclic) bond motifs is 1. The first-order valence-electron chi connectivity index (χ1n) is 6.69. The van der Waals surface area contributed by atoms with E-state index in [2.05, 4.69) is 0 Å². The Hall–Kier alpha value is -2.69. The summed E-state index contributed by atoms with van der Waals surface area (Å²) in [6.45, 7) is 1.88. The highest BCUT2D eigenvalue weighted by Crippen LogP contribution is 2.33. The summed E-state index contributed by atoms with van der Waals surface area (Å²) >= 11 is 0. The Balaban J connectivity index is 1.90. The molecule has 1 atom stereocenters. The molecule has 1 aliphatic rings. The molecule has 0 bridgehead atoms. The average Bonchev–Trinajstić information content (AvgIpc) is 2.38. The summed E-state index contributed by atoms with van der Waals surface area (Å²) in [5.41, 5.74) is 13.0. The van der Waals surface area contributed by atoms with E-state index in [1.54, 1.807) is 36.4 Å². The third-order valence-electron chi connectivity index (χ3n) is 3.24. The van der Waals surface area contributed by atoms with Crippen molar-refractivity contribution in [3.05, 3.63) is 42.0 Å². The summed E-state index contributed by atoms with van der Waals surface area (Å²) in [6, 6.07) is 10.2. The van der Waals surface area contributed by atoms with Gasteiger partial charge in [-0.15, -0.1) is 0 Å². The van der Waals surface area contributed by atoms with E-state index >= 15 is 0 Å². The van der Waals surface area contributed by atoms with Gasteiger partial charge in [-0.1, -0.05) is 0 Å². The number of nitrogens with two attached hydrogens (primary N) is 2. The fourth-order valence-corrected chi connectivity index (χ4v) is 2.36. The number of rotatable bonds is 2. The molecule has 3 rings (SSSR count). The van der Waals surface area contributed by atoms with Gasteiger partial charge in [-0.05, 0) is 31.2 Å². The fraction of sp³-hybridized carbons (Fsp3) is 0.188. The van der Waals surface area contributed by atoms with E-state index < -0.39 is 0 Å². The van der Waals surface area contributed by atoms with Crippen LogP contribution < -0.4 is 20.9 Å². The van der Waals surface area contributed by atoms with Gasteiger partial charge in [-0.25, -0.2) is 0 Å². The van der Waals surface area contributed by atoms with Crippen molar-refractivity contribution in [1.29, 1.82) is 0 Å². The van der Waals surface area contributed by atoms with Gasteiger partial charge >= 0.3 is 0 Å². The quantitative estimate of drug-likeness (QED) is 0.828. The third kappa shape index (κ3) is 2.76. The number of ether oxygens (including phenoxy) is 2. The Morgan fingerprint density at radius 3 is 2.52 bits per heavy atom. The van der Waals surface area contributed by atoms with Crippen LogP contribution in [-0.4, -0.2) is 11.9 Å². The molecule has 5 nitrogen and oxygen atoms in total. The van der Waals surface area contributed by atoms with Crippen LogP contribution >= 0.6 is 0 Å². The van der Waals surface area contributed by atoms with Crippen molar-refractivity contribution in [1.82, 2.24) is 0 Å². The number of benzene rings is 2. The molecule has 2 aromatic rings. The second-order valence-corrected chi connectivity index (χ2v) is 5.15. The van der Waals surface area contributed by atoms with E-state index in [-0.39, 0.29) is 11.9 Å². The zero-order valence-electron chi connectivity index (χ0n) is 11.6. The van der Waals surface area contributed by atoms with Crippen LogP contribution in [0.2, 0.25) is 0 Å². The topological polar surface area (TPSA) is 87.6 Å². The van der Waals surface area contributed by atoms with Gasteiger partial charge in [-0.3, -0.25) is 4.79 Å². The summed E-state index contributed by atoms with van der Waals surface area (Å²) in [7, 11) is 0. The summed E-state index contributed by atoms with van der Waals surface area (Å²) in [4.78, 5) is 12.0. The molecule has 0 aromatic heterocycles. The molecule has 0 aliphatic carbocycles. The highest BCUT2D eigenvalue weighted by molar-refractivity contribution is 6.00. The Morgan fingerprint density at radius 2 is 1.81 bits per heavy atom. The van der Waals surface area contributed by atoms with Crippen LogP contribution in [0.15, 0.2) is 36.4 Å². The first-order chi connectivity index (χ1) is 10.0. The van der Waals surface area contributed by atoms with Crippen molar-refractivity contribution < 1.29 is 14.3 Å². The van der Waals surface area contributed by atoms with Gasteiger partial charge in [0.05, 0.1) is 5.56 Å². The summed E-state index contributed by atoms with van der Waals surface area (Å²) in [6.07, 6.45) is 0.285. The molecular formula is C16H16N2O3. The van der Waals surface area contributed by atoms with Crippen LogP contribution in [0.1, 0.15) is 23.7 Å². The highest BCUT2D eigenvalue weighted by Gasteiger charge is 2.24. The van der Waals surface area contributed by atoms with E-state index in [9.17, 15) is 4.79 Å². The van der Waals surface area contributed by atoms with Crippen molar-refractivity contribution in [2.45, 2.75) is 19.4 Å². The van der Waals surface area contributed by atoms with Gasteiger partial charge in [0.1, 0.15) is 23.4 Å².